The van der Waals surface area contributed by atoms with Crippen molar-refractivity contribution in [1.82, 2.24) is 4.31 Å². The van der Waals surface area contributed by atoms with Crippen molar-refractivity contribution in [2.24, 2.45) is 0 Å². The van der Waals surface area contributed by atoms with Crippen LogP contribution in [0.2, 0.25) is 0 Å². The smallest absolute Gasteiger partial charge is 0.243 e. The van der Waals surface area contributed by atoms with Gasteiger partial charge in [-0.05, 0) is 24.1 Å². The summed E-state index contributed by atoms with van der Waals surface area (Å²) >= 11 is 0. The maximum Gasteiger partial charge on any atom is 0.243 e. The highest BCUT2D eigenvalue weighted by Crippen LogP contribution is 2.22. The minimum Gasteiger partial charge on any atom is -0.398 e. The summed E-state index contributed by atoms with van der Waals surface area (Å²) in [7, 11) is -3.44. The van der Waals surface area contributed by atoms with Gasteiger partial charge in [-0.3, -0.25) is 0 Å². The van der Waals surface area contributed by atoms with Gasteiger partial charge in [-0.2, -0.15) is 4.31 Å². The number of morpholine rings is 1. The van der Waals surface area contributed by atoms with Crippen LogP contribution in [-0.2, 0) is 21.2 Å². The van der Waals surface area contributed by atoms with Crippen LogP contribution < -0.4 is 5.73 Å². The van der Waals surface area contributed by atoms with E-state index < -0.39 is 10.0 Å². The van der Waals surface area contributed by atoms with Crippen LogP contribution in [0, 0.1) is 0 Å². The van der Waals surface area contributed by atoms with Crippen LogP contribution in [0.3, 0.4) is 0 Å². The average molecular weight is 270 g/mol. The molecule has 1 aromatic carbocycles. The molecule has 1 aromatic rings. The molecule has 1 saturated heterocycles. The Balaban J connectivity index is 2.32. The fourth-order valence-corrected chi connectivity index (χ4v) is 3.44. The van der Waals surface area contributed by atoms with Gasteiger partial charge < -0.3 is 10.5 Å². The van der Waals surface area contributed by atoms with Crippen molar-refractivity contribution in [2.45, 2.75) is 18.2 Å². The van der Waals surface area contributed by atoms with Gasteiger partial charge in [-0.1, -0.05) is 13.0 Å². The van der Waals surface area contributed by atoms with Gasteiger partial charge >= 0.3 is 0 Å². The summed E-state index contributed by atoms with van der Waals surface area (Å²) in [5.41, 5.74) is 7.35. The summed E-state index contributed by atoms with van der Waals surface area (Å²) in [5.74, 6) is 0. The Morgan fingerprint density at radius 2 is 2.00 bits per heavy atom. The molecule has 1 fully saturated rings. The molecule has 0 bridgehead atoms. The fourth-order valence-electron chi connectivity index (χ4n) is 1.99. The van der Waals surface area contributed by atoms with Gasteiger partial charge in [0.2, 0.25) is 10.0 Å². The predicted molar refractivity (Wildman–Crippen MR) is 69.8 cm³/mol. The van der Waals surface area contributed by atoms with E-state index in [0.717, 1.165) is 12.0 Å². The largest absolute Gasteiger partial charge is 0.398 e. The van der Waals surface area contributed by atoms with Crippen LogP contribution in [0.1, 0.15) is 12.5 Å². The summed E-state index contributed by atoms with van der Waals surface area (Å²) in [4.78, 5) is 0.263. The van der Waals surface area contributed by atoms with Gasteiger partial charge in [-0.25, -0.2) is 8.42 Å². The monoisotopic (exact) mass is 270 g/mol. The number of nitrogens with two attached hydrogens (primary N) is 1. The molecule has 2 N–H and O–H groups in total. The molecule has 0 amide bonds. The van der Waals surface area contributed by atoms with E-state index in [2.05, 4.69) is 0 Å². The van der Waals surface area contributed by atoms with Crippen LogP contribution in [0.25, 0.3) is 0 Å². The zero-order valence-electron chi connectivity index (χ0n) is 10.4. The van der Waals surface area contributed by atoms with Gasteiger partial charge in [0, 0.05) is 18.8 Å². The van der Waals surface area contributed by atoms with Gasteiger partial charge in [0.25, 0.3) is 0 Å². The first kappa shape index (κ1) is 13.3. The van der Waals surface area contributed by atoms with E-state index in [1.807, 2.05) is 6.92 Å². The predicted octanol–water partition coefficient (Wildman–Crippen LogP) is 0.852. The van der Waals surface area contributed by atoms with Crippen LogP contribution >= 0.6 is 0 Å². The highest BCUT2D eigenvalue weighted by Gasteiger charge is 2.26. The number of benzene rings is 1. The highest BCUT2D eigenvalue weighted by atomic mass is 32.2. The topological polar surface area (TPSA) is 72.6 Å². The Bertz CT molecular complexity index is 522. The van der Waals surface area contributed by atoms with Crippen LogP contribution in [-0.4, -0.2) is 39.0 Å². The normalized spacial score (nSPS) is 17.8. The summed E-state index contributed by atoms with van der Waals surface area (Å²) in [6.45, 7) is 3.68. The molecule has 0 unspecified atom stereocenters. The van der Waals surface area contributed by atoms with Crippen LogP contribution in [0.15, 0.2) is 23.1 Å². The van der Waals surface area contributed by atoms with Gasteiger partial charge in [0.05, 0.1) is 18.1 Å². The first-order valence-corrected chi connectivity index (χ1v) is 7.46. The molecule has 2 rings (SSSR count). The molecular weight excluding hydrogens is 252 g/mol. The van der Waals surface area contributed by atoms with Crippen LogP contribution in [0.5, 0.6) is 0 Å². The molecule has 18 heavy (non-hydrogen) atoms. The van der Waals surface area contributed by atoms with Gasteiger partial charge in [0.1, 0.15) is 0 Å². The molecule has 5 nitrogen and oxygen atoms in total. The highest BCUT2D eigenvalue weighted by molar-refractivity contribution is 7.89. The van der Waals surface area contributed by atoms with Crippen LogP contribution in [0.4, 0.5) is 5.69 Å². The lowest BCUT2D eigenvalue weighted by atomic mass is 10.1. The number of rotatable bonds is 3. The second-order valence-electron chi connectivity index (χ2n) is 4.23. The van der Waals surface area contributed by atoms with E-state index in [0.29, 0.717) is 32.0 Å². The van der Waals surface area contributed by atoms with E-state index in [4.69, 9.17) is 10.5 Å². The number of ether oxygens (including phenoxy) is 1. The summed E-state index contributed by atoms with van der Waals surface area (Å²) in [6, 6.07) is 4.95. The Morgan fingerprint density at radius 1 is 1.33 bits per heavy atom. The lowest BCUT2D eigenvalue weighted by molar-refractivity contribution is 0.0730. The van der Waals surface area contributed by atoms with Gasteiger partial charge in [-0.15, -0.1) is 0 Å². The summed E-state index contributed by atoms with van der Waals surface area (Å²) in [5, 5.41) is 0. The standard InChI is InChI=1S/C12H18N2O3S/c1-2-10-3-4-11(9-12(10)13)18(15,16)14-5-7-17-8-6-14/h3-4,9H,2,5-8,13H2,1H3. The SMILES string of the molecule is CCc1ccc(S(=O)(=O)N2CCOCC2)cc1N. The minimum absolute atomic E-state index is 0.263. The minimum atomic E-state index is -3.44. The third kappa shape index (κ3) is 2.50. The Kier molecular flexibility index (Phi) is 3.89. The number of nitrogen functional groups attached to an aromatic ring is 1. The molecule has 1 aliphatic rings. The maximum atomic E-state index is 12.4. The second-order valence-corrected chi connectivity index (χ2v) is 6.17. The van der Waals surface area contributed by atoms with E-state index in [-0.39, 0.29) is 4.90 Å². The Morgan fingerprint density at radius 3 is 2.56 bits per heavy atom. The molecule has 0 saturated carbocycles. The quantitative estimate of drug-likeness (QED) is 0.827. The Hall–Kier alpha value is -1.11. The molecule has 1 aliphatic heterocycles. The van der Waals surface area contributed by atoms with E-state index in [9.17, 15) is 8.42 Å². The number of hydrogen-bond donors (Lipinski definition) is 1. The first-order valence-electron chi connectivity index (χ1n) is 6.02. The first-order chi connectivity index (χ1) is 8.55. The summed E-state index contributed by atoms with van der Waals surface area (Å²) in [6.07, 6.45) is 0.795. The molecule has 100 valence electrons. The number of sulfonamides is 1. The third-order valence-corrected chi connectivity index (χ3v) is 5.00. The Labute approximate surface area is 108 Å². The molecule has 0 aliphatic carbocycles. The summed E-state index contributed by atoms with van der Waals surface area (Å²) < 4.78 is 31.3. The number of nitrogens with zero attached hydrogens (tertiary/aromatic N) is 1. The average Bonchev–Trinajstić information content (AvgIpc) is 2.39. The molecule has 6 heteroatoms. The van der Waals surface area contributed by atoms with Crippen molar-refractivity contribution < 1.29 is 13.2 Å². The fraction of sp³-hybridized carbons (Fsp3) is 0.500. The van der Waals surface area contributed by atoms with Crippen molar-refractivity contribution in [3.8, 4) is 0 Å². The van der Waals surface area contributed by atoms with Crippen molar-refractivity contribution >= 4 is 15.7 Å². The zero-order chi connectivity index (χ0) is 13.2. The number of aryl methyl sites for hydroxylation is 1. The zero-order valence-corrected chi connectivity index (χ0v) is 11.2. The van der Waals surface area contributed by atoms with Gasteiger partial charge in [0.15, 0.2) is 0 Å². The maximum absolute atomic E-state index is 12.4. The van der Waals surface area contributed by atoms with Crippen molar-refractivity contribution in [1.29, 1.82) is 0 Å². The lowest BCUT2D eigenvalue weighted by Crippen LogP contribution is -2.40. The third-order valence-electron chi connectivity index (χ3n) is 3.11. The molecule has 1 heterocycles. The van der Waals surface area contributed by atoms with E-state index in [1.165, 1.54) is 4.31 Å². The number of hydrogen-bond acceptors (Lipinski definition) is 4. The lowest BCUT2D eigenvalue weighted by Gasteiger charge is -2.26. The molecule has 0 atom stereocenters. The number of anilines is 1. The van der Waals surface area contributed by atoms with Crippen molar-refractivity contribution in [3.63, 3.8) is 0 Å². The van der Waals surface area contributed by atoms with Crippen molar-refractivity contribution in [2.75, 3.05) is 32.0 Å². The van der Waals surface area contributed by atoms with Crippen molar-refractivity contribution in [3.05, 3.63) is 23.8 Å². The molecule has 0 spiro atoms. The molecule has 0 aromatic heterocycles. The second kappa shape index (κ2) is 5.26. The molecule has 0 radical (unpaired) electrons. The van der Waals surface area contributed by atoms with E-state index >= 15 is 0 Å². The molecular formula is C12H18N2O3S. The van der Waals surface area contributed by atoms with E-state index in [1.54, 1.807) is 18.2 Å².